The summed E-state index contributed by atoms with van der Waals surface area (Å²) in [6.45, 7) is 1.84. The molecule has 1 aliphatic heterocycles. The number of hydrogen-bond acceptors (Lipinski definition) is 4. The first-order valence-corrected chi connectivity index (χ1v) is 7.63. The van der Waals surface area contributed by atoms with E-state index in [2.05, 4.69) is 9.71 Å². The van der Waals surface area contributed by atoms with Gasteiger partial charge in [0.2, 0.25) is 10.0 Å². The molecule has 0 bridgehead atoms. The Morgan fingerprint density at radius 3 is 2.83 bits per heavy atom. The Kier molecular flexibility index (Phi) is 4.55. The van der Waals surface area contributed by atoms with Crippen molar-refractivity contribution >= 4 is 21.6 Å². The van der Waals surface area contributed by atoms with Crippen LogP contribution in [0.3, 0.4) is 0 Å². The number of nitrogens with one attached hydrogen (secondary N) is 1. The van der Waals surface area contributed by atoms with E-state index in [0.717, 1.165) is 12.8 Å². The van der Waals surface area contributed by atoms with Gasteiger partial charge in [-0.3, -0.25) is 0 Å². The molecule has 1 aliphatic rings. The molecular formula is C11H15ClN2O3S. The van der Waals surface area contributed by atoms with E-state index in [0.29, 0.717) is 25.7 Å². The van der Waals surface area contributed by atoms with E-state index in [1.165, 1.54) is 18.3 Å². The molecule has 1 aromatic rings. The smallest absolute Gasteiger partial charge is 0.240 e. The van der Waals surface area contributed by atoms with Crippen molar-refractivity contribution in [1.82, 2.24) is 9.71 Å². The molecule has 0 unspecified atom stereocenters. The first kappa shape index (κ1) is 13.7. The fraction of sp³-hybridized carbons (Fsp3) is 0.545. The summed E-state index contributed by atoms with van der Waals surface area (Å²) in [5, 5.41) is 0.170. The minimum atomic E-state index is -3.50. The summed E-state index contributed by atoms with van der Waals surface area (Å²) >= 11 is 5.68. The van der Waals surface area contributed by atoms with Gasteiger partial charge in [-0.05, 0) is 30.9 Å². The fourth-order valence-corrected chi connectivity index (χ4v) is 3.18. The fourth-order valence-electron chi connectivity index (χ4n) is 1.81. The number of aromatic nitrogens is 1. The first-order chi connectivity index (χ1) is 8.58. The quantitative estimate of drug-likeness (QED) is 0.852. The van der Waals surface area contributed by atoms with Crippen LogP contribution in [0.2, 0.25) is 5.15 Å². The number of sulfonamides is 1. The summed E-state index contributed by atoms with van der Waals surface area (Å²) in [5.41, 5.74) is 0. The van der Waals surface area contributed by atoms with Gasteiger partial charge in [-0.25, -0.2) is 18.1 Å². The maximum Gasteiger partial charge on any atom is 0.240 e. The van der Waals surface area contributed by atoms with Gasteiger partial charge in [-0.2, -0.15) is 0 Å². The molecule has 0 saturated carbocycles. The highest BCUT2D eigenvalue weighted by Gasteiger charge is 2.19. The number of hydrogen-bond donors (Lipinski definition) is 1. The van der Waals surface area contributed by atoms with Gasteiger partial charge in [0.25, 0.3) is 0 Å². The number of ether oxygens (including phenoxy) is 1. The van der Waals surface area contributed by atoms with Crippen molar-refractivity contribution in [2.24, 2.45) is 5.92 Å². The van der Waals surface area contributed by atoms with Crippen LogP contribution in [0.5, 0.6) is 0 Å². The molecule has 5 nitrogen and oxygen atoms in total. The second kappa shape index (κ2) is 5.97. The highest BCUT2D eigenvalue weighted by molar-refractivity contribution is 7.89. The van der Waals surface area contributed by atoms with Crippen molar-refractivity contribution in [3.63, 3.8) is 0 Å². The van der Waals surface area contributed by atoms with E-state index >= 15 is 0 Å². The van der Waals surface area contributed by atoms with E-state index in [4.69, 9.17) is 16.3 Å². The Labute approximate surface area is 112 Å². The predicted molar refractivity (Wildman–Crippen MR) is 68.0 cm³/mol. The Morgan fingerprint density at radius 1 is 1.44 bits per heavy atom. The largest absolute Gasteiger partial charge is 0.381 e. The number of nitrogens with zero attached hydrogens (tertiary/aromatic N) is 1. The van der Waals surface area contributed by atoms with Gasteiger partial charge in [0.1, 0.15) is 5.15 Å². The highest BCUT2D eigenvalue weighted by atomic mass is 35.5. The zero-order valence-corrected chi connectivity index (χ0v) is 11.4. The van der Waals surface area contributed by atoms with Gasteiger partial charge in [-0.15, -0.1) is 0 Å². The monoisotopic (exact) mass is 290 g/mol. The van der Waals surface area contributed by atoms with Crippen LogP contribution >= 0.6 is 11.6 Å². The normalized spacial score (nSPS) is 17.8. The molecule has 1 aromatic heterocycles. The third-order valence-electron chi connectivity index (χ3n) is 2.91. The maximum absolute atomic E-state index is 12.0. The standard InChI is InChI=1S/C11H15ClN2O3S/c12-11-7-10(1-4-13-11)18(15,16)14-8-9-2-5-17-6-3-9/h1,4,7,9,14H,2-3,5-6,8H2. The molecule has 1 saturated heterocycles. The highest BCUT2D eigenvalue weighted by Crippen LogP contribution is 2.16. The van der Waals surface area contributed by atoms with Gasteiger partial charge >= 0.3 is 0 Å². The Hall–Kier alpha value is -0.690. The Balaban J connectivity index is 1.98. The molecule has 0 aliphatic carbocycles. The van der Waals surface area contributed by atoms with Crippen molar-refractivity contribution < 1.29 is 13.2 Å². The molecule has 1 N–H and O–H groups in total. The van der Waals surface area contributed by atoms with Gasteiger partial charge in [0, 0.05) is 26.0 Å². The summed E-state index contributed by atoms with van der Waals surface area (Å²) in [4.78, 5) is 3.91. The zero-order valence-electron chi connectivity index (χ0n) is 9.80. The van der Waals surface area contributed by atoms with Crippen molar-refractivity contribution in [3.05, 3.63) is 23.5 Å². The summed E-state index contributed by atoms with van der Waals surface area (Å²) in [7, 11) is -3.50. The van der Waals surface area contributed by atoms with Crippen LogP contribution < -0.4 is 4.72 Å². The molecule has 0 spiro atoms. The van der Waals surface area contributed by atoms with Crippen molar-refractivity contribution in [3.8, 4) is 0 Å². The lowest BCUT2D eigenvalue weighted by Crippen LogP contribution is -2.32. The Bertz CT molecular complexity index is 501. The van der Waals surface area contributed by atoms with E-state index in [1.807, 2.05) is 0 Å². The van der Waals surface area contributed by atoms with Crippen molar-refractivity contribution in [1.29, 1.82) is 0 Å². The van der Waals surface area contributed by atoms with E-state index in [1.54, 1.807) is 0 Å². The van der Waals surface area contributed by atoms with E-state index in [9.17, 15) is 8.42 Å². The van der Waals surface area contributed by atoms with Crippen LogP contribution in [-0.4, -0.2) is 33.2 Å². The average molecular weight is 291 g/mol. The minimum Gasteiger partial charge on any atom is -0.381 e. The van der Waals surface area contributed by atoms with Crippen molar-refractivity contribution in [2.45, 2.75) is 17.7 Å². The first-order valence-electron chi connectivity index (χ1n) is 5.77. The van der Waals surface area contributed by atoms with Gasteiger partial charge < -0.3 is 4.74 Å². The minimum absolute atomic E-state index is 0.148. The van der Waals surface area contributed by atoms with E-state index in [-0.39, 0.29) is 10.0 Å². The van der Waals surface area contributed by atoms with Crippen LogP contribution in [-0.2, 0) is 14.8 Å². The van der Waals surface area contributed by atoms with Crippen LogP contribution in [0.1, 0.15) is 12.8 Å². The van der Waals surface area contributed by atoms with Gasteiger partial charge in [-0.1, -0.05) is 11.6 Å². The molecule has 0 radical (unpaired) electrons. The molecular weight excluding hydrogens is 276 g/mol. The summed E-state index contributed by atoms with van der Waals surface area (Å²) in [5.74, 6) is 0.339. The SMILES string of the molecule is O=S(=O)(NCC1CCOCC1)c1ccnc(Cl)c1. The van der Waals surface area contributed by atoms with Gasteiger partial charge in [0.15, 0.2) is 0 Å². The lowest BCUT2D eigenvalue weighted by molar-refractivity contribution is 0.0678. The third kappa shape index (κ3) is 3.65. The maximum atomic E-state index is 12.0. The number of pyridine rings is 1. The number of halogens is 1. The van der Waals surface area contributed by atoms with Crippen molar-refractivity contribution in [2.75, 3.05) is 19.8 Å². The topological polar surface area (TPSA) is 68.3 Å². The third-order valence-corrected chi connectivity index (χ3v) is 4.54. The average Bonchev–Trinajstić information content (AvgIpc) is 2.38. The molecule has 1 fully saturated rings. The molecule has 0 amide bonds. The zero-order chi connectivity index (χ0) is 13.0. The van der Waals surface area contributed by atoms with E-state index < -0.39 is 10.0 Å². The number of rotatable bonds is 4. The molecule has 2 rings (SSSR count). The molecule has 0 atom stereocenters. The van der Waals surface area contributed by atoms with Crippen LogP contribution in [0.25, 0.3) is 0 Å². The molecule has 7 heteroatoms. The summed E-state index contributed by atoms with van der Waals surface area (Å²) < 4.78 is 31.8. The molecule has 100 valence electrons. The summed E-state index contributed by atoms with van der Waals surface area (Å²) in [6.07, 6.45) is 3.16. The van der Waals surface area contributed by atoms with Gasteiger partial charge in [0.05, 0.1) is 4.90 Å². The molecule has 2 heterocycles. The molecule has 0 aromatic carbocycles. The van der Waals surface area contributed by atoms with Crippen LogP contribution in [0.15, 0.2) is 23.2 Å². The predicted octanol–water partition coefficient (Wildman–Crippen LogP) is 1.44. The van der Waals surface area contributed by atoms with Crippen LogP contribution in [0, 0.1) is 5.92 Å². The second-order valence-electron chi connectivity index (χ2n) is 4.22. The lowest BCUT2D eigenvalue weighted by Gasteiger charge is -2.22. The second-order valence-corrected chi connectivity index (χ2v) is 6.38. The Morgan fingerprint density at radius 2 is 2.17 bits per heavy atom. The van der Waals surface area contributed by atoms with Crippen LogP contribution in [0.4, 0.5) is 0 Å². The lowest BCUT2D eigenvalue weighted by atomic mass is 10.0. The molecule has 18 heavy (non-hydrogen) atoms. The summed E-state index contributed by atoms with van der Waals surface area (Å²) in [6, 6.07) is 2.77.